The van der Waals surface area contributed by atoms with Gasteiger partial charge < -0.3 is 29.5 Å². The topological polar surface area (TPSA) is 123 Å². The molecule has 8 nitrogen and oxygen atoms in total. The van der Waals surface area contributed by atoms with Crippen molar-refractivity contribution in [2.45, 2.75) is 209 Å². The van der Waals surface area contributed by atoms with Crippen LogP contribution in [0.15, 0.2) is 142 Å². The van der Waals surface area contributed by atoms with E-state index in [1.165, 1.54) is 44.9 Å². The molecule has 384 valence electrons. The zero-order chi connectivity index (χ0) is 51.4. The summed E-state index contributed by atoms with van der Waals surface area (Å²) in [6.45, 7) is 24.7. The molecule has 0 aromatic rings. The van der Waals surface area contributed by atoms with Crippen LogP contribution in [0.5, 0.6) is 0 Å². The lowest BCUT2D eigenvalue weighted by Gasteiger charge is -2.42. The van der Waals surface area contributed by atoms with E-state index in [0.29, 0.717) is 19.3 Å². The molecular formula is C61H92O8. The molecule has 0 spiro atoms. The van der Waals surface area contributed by atoms with Crippen molar-refractivity contribution in [1.29, 1.82) is 0 Å². The molecular weight excluding hydrogens is 861 g/mol. The number of hydrogen-bond acceptors (Lipinski definition) is 8. The Morgan fingerprint density at radius 1 is 0.696 bits per heavy atom. The van der Waals surface area contributed by atoms with Crippen LogP contribution in [0, 0.1) is 11.3 Å². The highest BCUT2D eigenvalue weighted by atomic mass is 16.7. The standard InChI is InChI=1S/C61H92O8/c1-45(2)28-20-18-16-14-13-15-17-19-21-38-55(63)67-44-54-56(64)57(65)58(66)59(68-54)69-61(11,12)42-27-37-49(6)35-25-34-48(5)33-24-31-46(3)29-22-23-30-47(4)32-26-36-50(7)39-40-52-51(8)53(62)41-43-60(52,9)10/h22-27,29-37,39-40,45,54,56-59,64-66H,13-21,28,38,41-44H2,1-12H3/b23-22+,31-24+,32-26+,34-25+,37-27+,40-39+,46-29+,47-30+,48-33+,49-35+,50-36+/t54-,56-,57+,58-,59+/m1/s1. The number of ketones is 1. The summed E-state index contributed by atoms with van der Waals surface area (Å²) >= 11 is 0. The highest BCUT2D eigenvalue weighted by molar-refractivity contribution is 5.97. The maximum atomic E-state index is 12.5. The van der Waals surface area contributed by atoms with Crippen molar-refractivity contribution >= 4 is 11.8 Å². The van der Waals surface area contributed by atoms with E-state index in [-0.39, 0.29) is 23.8 Å². The van der Waals surface area contributed by atoms with Crippen molar-refractivity contribution in [3.8, 4) is 0 Å². The summed E-state index contributed by atoms with van der Waals surface area (Å²) < 4.78 is 17.4. The molecule has 0 aromatic heterocycles. The molecule has 3 N–H and O–H groups in total. The van der Waals surface area contributed by atoms with Gasteiger partial charge in [-0.1, -0.05) is 217 Å². The highest BCUT2D eigenvalue weighted by Gasteiger charge is 2.46. The smallest absolute Gasteiger partial charge is 0.305 e. The van der Waals surface area contributed by atoms with Crippen LogP contribution in [-0.2, 0) is 23.8 Å². The number of rotatable bonds is 29. The number of aliphatic hydroxyl groups excluding tert-OH is 3. The monoisotopic (exact) mass is 953 g/mol. The molecule has 0 saturated carbocycles. The second kappa shape index (κ2) is 32.7. The molecule has 0 bridgehead atoms. The minimum absolute atomic E-state index is 0.0175. The first-order valence-corrected chi connectivity index (χ1v) is 25.8. The Kier molecular flexibility index (Phi) is 28.8. The molecule has 1 heterocycles. The molecule has 1 fully saturated rings. The van der Waals surface area contributed by atoms with Crippen LogP contribution in [0.3, 0.4) is 0 Å². The summed E-state index contributed by atoms with van der Waals surface area (Å²) in [5.74, 6) is 0.674. The van der Waals surface area contributed by atoms with E-state index in [1.807, 2.05) is 76.3 Å². The van der Waals surface area contributed by atoms with Gasteiger partial charge in [-0.2, -0.15) is 0 Å². The van der Waals surface area contributed by atoms with Gasteiger partial charge in [-0.25, -0.2) is 0 Å². The van der Waals surface area contributed by atoms with Crippen molar-refractivity contribution in [2.75, 3.05) is 6.61 Å². The lowest BCUT2D eigenvalue weighted by molar-refractivity contribution is -0.323. The summed E-state index contributed by atoms with van der Waals surface area (Å²) in [7, 11) is 0. The van der Waals surface area contributed by atoms with Gasteiger partial charge in [-0.3, -0.25) is 9.59 Å². The maximum absolute atomic E-state index is 12.5. The summed E-state index contributed by atoms with van der Waals surface area (Å²) in [5, 5.41) is 31.9. The maximum Gasteiger partial charge on any atom is 0.305 e. The third-order valence-corrected chi connectivity index (χ3v) is 12.7. The minimum Gasteiger partial charge on any atom is -0.463 e. The SMILES string of the molecule is CC1=C(/C=C/C(C)=C/C=C/C(C)=C/C=C/C=C(C)/C=C/C=C(C)/C=C/C=C(C)/C=C/CC(C)(C)O[C@@H]2O[C@H](COC(=O)CCCCCCCCCCCC(C)C)[C@@H](O)[C@H](O)[C@H]2O)C(C)(C)CCC1=O. The second-order valence-electron chi connectivity index (χ2n) is 21.0. The van der Waals surface area contributed by atoms with E-state index in [2.05, 4.69) is 110 Å². The van der Waals surface area contributed by atoms with Crippen molar-refractivity contribution in [2.24, 2.45) is 11.3 Å². The first kappa shape index (κ1) is 60.9. The fourth-order valence-electron chi connectivity index (χ4n) is 8.07. The molecule has 1 aliphatic carbocycles. The predicted molar refractivity (Wildman–Crippen MR) is 287 cm³/mol. The Balaban J connectivity index is 1.77. The normalized spacial score (nSPS) is 23.0. The molecule has 1 saturated heterocycles. The number of ether oxygens (including phenoxy) is 3. The quantitative estimate of drug-likeness (QED) is 0.0385. The average Bonchev–Trinajstić information content (AvgIpc) is 3.27. The highest BCUT2D eigenvalue weighted by Crippen LogP contribution is 2.39. The first-order chi connectivity index (χ1) is 32.6. The van der Waals surface area contributed by atoms with Crippen LogP contribution in [0.2, 0.25) is 0 Å². The van der Waals surface area contributed by atoms with Gasteiger partial charge in [-0.15, -0.1) is 0 Å². The van der Waals surface area contributed by atoms with Crippen molar-refractivity contribution < 1.29 is 39.1 Å². The van der Waals surface area contributed by atoms with Crippen LogP contribution >= 0.6 is 0 Å². The Morgan fingerprint density at radius 3 is 1.71 bits per heavy atom. The van der Waals surface area contributed by atoms with Gasteiger partial charge >= 0.3 is 5.97 Å². The van der Waals surface area contributed by atoms with Gasteiger partial charge in [0.2, 0.25) is 0 Å². The fraction of sp³-hybridized carbons (Fsp3) is 0.574. The van der Waals surface area contributed by atoms with Crippen LogP contribution < -0.4 is 0 Å². The summed E-state index contributed by atoms with van der Waals surface area (Å²) in [6, 6.07) is 0. The molecule has 2 aliphatic rings. The van der Waals surface area contributed by atoms with Crippen LogP contribution in [0.4, 0.5) is 0 Å². The molecule has 0 unspecified atom stereocenters. The van der Waals surface area contributed by atoms with E-state index >= 15 is 0 Å². The number of carbonyl (C=O) groups excluding carboxylic acids is 2. The van der Waals surface area contributed by atoms with E-state index in [9.17, 15) is 24.9 Å². The largest absolute Gasteiger partial charge is 0.463 e. The number of Topliss-reactive ketones (excluding diaryl/α,β-unsaturated/α-hetero) is 1. The van der Waals surface area contributed by atoms with Gasteiger partial charge in [-0.05, 0) is 97.1 Å². The van der Waals surface area contributed by atoms with Crippen LogP contribution in [-0.4, -0.2) is 70.0 Å². The molecule has 1 aliphatic heterocycles. The average molecular weight is 953 g/mol. The second-order valence-corrected chi connectivity index (χ2v) is 21.0. The Labute approximate surface area is 418 Å². The number of hydrogen-bond donors (Lipinski definition) is 3. The van der Waals surface area contributed by atoms with Crippen molar-refractivity contribution in [3.63, 3.8) is 0 Å². The Bertz CT molecular complexity index is 1970. The lowest BCUT2D eigenvalue weighted by atomic mass is 9.72. The first-order valence-electron chi connectivity index (χ1n) is 25.8. The number of allylic oxidation sites excluding steroid dienone is 23. The molecule has 5 atom stereocenters. The van der Waals surface area contributed by atoms with E-state index in [1.54, 1.807) is 0 Å². The lowest BCUT2D eigenvalue weighted by Crippen LogP contribution is -2.60. The molecule has 0 amide bonds. The van der Waals surface area contributed by atoms with E-state index < -0.39 is 36.3 Å². The number of aliphatic hydroxyl groups is 3. The number of unbranched alkanes of at least 4 members (excludes halogenated alkanes) is 8. The van der Waals surface area contributed by atoms with Gasteiger partial charge in [0.05, 0.1) is 5.60 Å². The van der Waals surface area contributed by atoms with Crippen LogP contribution in [0.25, 0.3) is 0 Å². The summed E-state index contributed by atoms with van der Waals surface area (Å²) in [5.41, 5.74) is 6.82. The third kappa shape index (κ3) is 26.0. The molecule has 0 radical (unpaired) electrons. The fourth-order valence-corrected chi connectivity index (χ4v) is 8.07. The van der Waals surface area contributed by atoms with E-state index in [4.69, 9.17) is 14.2 Å². The number of carbonyl (C=O) groups is 2. The molecule has 69 heavy (non-hydrogen) atoms. The summed E-state index contributed by atoms with van der Waals surface area (Å²) in [4.78, 5) is 24.7. The zero-order valence-electron chi connectivity index (χ0n) is 44.8. The van der Waals surface area contributed by atoms with Gasteiger partial charge in [0, 0.05) is 12.8 Å². The predicted octanol–water partition coefficient (Wildman–Crippen LogP) is 14.2. The van der Waals surface area contributed by atoms with Gasteiger partial charge in [0.1, 0.15) is 31.0 Å². The summed E-state index contributed by atoms with van der Waals surface area (Å²) in [6.07, 6.45) is 42.3. The number of esters is 1. The molecule has 0 aromatic carbocycles. The van der Waals surface area contributed by atoms with Gasteiger partial charge in [0.25, 0.3) is 0 Å². The Hall–Kier alpha value is -4.18. The Morgan fingerprint density at radius 2 is 1.17 bits per heavy atom. The minimum atomic E-state index is -1.52. The van der Waals surface area contributed by atoms with Crippen molar-refractivity contribution in [3.05, 3.63) is 142 Å². The van der Waals surface area contributed by atoms with Crippen molar-refractivity contribution in [1.82, 2.24) is 0 Å². The molecule has 2 rings (SSSR count). The third-order valence-electron chi connectivity index (χ3n) is 12.7. The van der Waals surface area contributed by atoms with Gasteiger partial charge in [0.15, 0.2) is 12.1 Å². The van der Waals surface area contributed by atoms with E-state index in [0.717, 1.165) is 70.6 Å². The zero-order valence-corrected chi connectivity index (χ0v) is 44.8. The molecule has 8 heteroatoms. The van der Waals surface area contributed by atoms with Crippen LogP contribution in [0.1, 0.15) is 173 Å².